The maximum absolute atomic E-state index is 11.2. The fourth-order valence-electron chi connectivity index (χ4n) is 2.23. The number of nitrogen functional groups attached to an aromatic ring is 1. The van der Waals surface area contributed by atoms with Crippen molar-refractivity contribution in [2.45, 2.75) is 13.8 Å². The van der Waals surface area contributed by atoms with E-state index in [4.69, 9.17) is 10.3 Å². The first kappa shape index (κ1) is 13.2. The molecule has 0 unspecified atom stereocenters. The first-order chi connectivity index (χ1) is 10.1. The Hall–Kier alpha value is -2.82. The van der Waals surface area contributed by atoms with Gasteiger partial charge in [-0.1, -0.05) is 23.4 Å². The van der Waals surface area contributed by atoms with Crippen LogP contribution in [-0.4, -0.2) is 10.1 Å². The highest BCUT2D eigenvalue weighted by molar-refractivity contribution is 5.86. The molecule has 0 atom stereocenters. The molecular weight excluding hydrogens is 266 g/mol. The summed E-state index contributed by atoms with van der Waals surface area (Å²) in [6.45, 7) is 4.10. The lowest BCUT2D eigenvalue weighted by molar-refractivity contribution is 0.436. The van der Waals surface area contributed by atoms with E-state index >= 15 is 0 Å². The molecule has 0 fully saturated rings. The molecule has 3 rings (SSSR count). The summed E-state index contributed by atoms with van der Waals surface area (Å²) in [5.41, 5.74) is 10.6. The van der Waals surface area contributed by atoms with Gasteiger partial charge < -0.3 is 15.2 Å². The van der Waals surface area contributed by atoms with Crippen LogP contribution in [0.15, 0.2) is 45.8 Å². The monoisotopic (exact) mass is 281 g/mol. The number of hydrogen-bond acceptors (Lipinski definition) is 4. The minimum Gasteiger partial charge on any atom is -0.380 e. The molecule has 0 bridgehead atoms. The van der Waals surface area contributed by atoms with Gasteiger partial charge in [-0.05, 0) is 36.6 Å². The van der Waals surface area contributed by atoms with Crippen LogP contribution >= 0.6 is 0 Å². The summed E-state index contributed by atoms with van der Waals surface area (Å²) in [5, 5.41) is 3.85. The van der Waals surface area contributed by atoms with E-state index in [0.717, 1.165) is 16.7 Å². The van der Waals surface area contributed by atoms with E-state index in [1.807, 2.05) is 25.1 Å². The zero-order valence-corrected chi connectivity index (χ0v) is 11.8. The lowest BCUT2D eigenvalue weighted by atomic mass is 9.98. The van der Waals surface area contributed by atoms with Crippen LogP contribution in [0.2, 0.25) is 0 Å². The van der Waals surface area contributed by atoms with E-state index in [1.54, 1.807) is 12.3 Å². The SMILES string of the molecule is Cc1ccc(-c2c(N)noc2-c2ccc(=O)[nH]c2)cc1C. The number of benzene rings is 1. The number of aromatic nitrogens is 2. The summed E-state index contributed by atoms with van der Waals surface area (Å²) in [6, 6.07) is 9.20. The third kappa shape index (κ3) is 2.33. The number of aromatic amines is 1. The van der Waals surface area contributed by atoms with Crippen molar-refractivity contribution in [1.29, 1.82) is 0 Å². The van der Waals surface area contributed by atoms with Crippen LogP contribution in [0.1, 0.15) is 11.1 Å². The van der Waals surface area contributed by atoms with Gasteiger partial charge in [0.25, 0.3) is 0 Å². The average Bonchev–Trinajstić information content (AvgIpc) is 2.85. The number of anilines is 1. The zero-order valence-electron chi connectivity index (χ0n) is 11.8. The minimum absolute atomic E-state index is 0.168. The lowest BCUT2D eigenvalue weighted by Crippen LogP contribution is -2.01. The fourth-order valence-corrected chi connectivity index (χ4v) is 2.23. The highest BCUT2D eigenvalue weighted by Gasteiger charge is 2.18. The minimum atomic E-state index is -0.168. The van der Waals surface area contributed by atoms with E-state index < -0.39 is 0 Å². The molecule has 0 radical (unpaired) electrons. The molecule has 0 aliphatic rings. The summed E-state index contributed by atoms with van der Waals surface area (Å²) in [5.74, 6) is 0.881. The standard InChI is InChI=1S/C16H15N3O2/c1-9-3-4-11(7-10(9)2)14-15(21-19-16(14)17)12-5-6-13(20)18-8-12/h3-8H,1-2H3,(H2,17,19)(H,18,20). The Labute approximate surface area is 121 Å². The first-order valence-corrected chi connectivity index (χ1v) is 6.58. The molecular formula is C16H15N3O2. The number of H-pyrrole nitrogens is 1. The van der Waals surface area contributed by atoms with Gasteiger partial charge in [-0.3, -0.25) is 4.79 Å². The Morgan fingerprint density at radius 3 is 2.52 bits per heavy atom. The molecule has 5 nitrogen and oxygen atoms in total. The zero-order chi connectivity index (χ0) is 15.0. The summed E-state index contributed by atoms with van der Waals surface area (Å²) < 4.78 is 5.35. The van der Waals surface area contributed by atoms with E-state index in [2.05, 4.69) is 17.1 Å². The van der Waals surface area contributed by atoms with Crippen LogP contribution in [0.3, 0.4) is 0 Å². The molecule has 1 aromatic carbocycles. The van der Waals surface area contributed by atoms with E-state index in [9.17, 15) is 4.79 Å². The molecule has 2 aromatic heterocycles. The molecule has 0 amide bonds. The molecule has 3 aromatic rings. The van der Waals surface area contributed by atoms with Crippen LogP contribution in [0, 0.1) is 13.8 Å². The van der Waals surface area contributed by atoms with Crippen molar-refractivity contribution in [3.05, 3.63) is 58.0 Å². The van der Waals surface area contributed by atoms with Crippen LogP contribution in [0.5, 0.6) is 0 Å². The summed E-state index contributed by atoms with van der Waals surface area (Å²) in [6.07, 6.45) is 1.59. The van der Waals surface area contributed by atoms with Crippen molar-refractivity contribution < 1.29 is 4.52 Å². The van der Waals surface area contributed by atoms with Gasteiger partial charge in [0, 0.05) is 17.8 Å². The van der Waals surface area contributed by atoms with Crippen molar-refractivity contribution in [1.82, 2.24) is 10.1 Å². The predicted molar refractivity (Wildman–Crippen MR) is 81.9 cm³/mol. The summed E-state index contributed by atoms with van der Waals surface area (Å²) >= 11 is 0. The molecule has 106 valence electrons. The molecule has 0 saturated heterocycles. The third-order valence-corrected chi connectivity index (χ3v) is 3.56. The van der Waals surface area contributed by atoms with Gasteiger partial charge >= 0.3 is 0 Å². The fraction of sp³-hybridized carbons (Fsp3) is 0.125. The van der Waals surface area contributed by atoms with Gasteiger partial charge in [-0.2, -0.15) is 0 Å². The Morgan fingerprint density at radius 1 is 1.10 bits per heavy atom. The number of hydrogen-bond donors (Lipinski definition) is 2. The van der Waals surface area contributed by atoms with Gasteiger partial charge in [0.15, 0.2) is 11.6 Å². The van der Waals surface area contributed by atoms with Crippen LogP contribution < -0.4 is 11.3 Å². The predicted octanol–water partition coefficient (Wildman–Crippen LogP) is 2.90. The molecule has 3 N–H and O–H groups in total. The first-order valence-electron chi connectivity index (χ1n) is 6.58. The molecule has 0 aliphatic heterocycles. The van der Waals surface area contributed by atoms with E-state index in [0.29, 0.717) is 11.6 Å². The van der Waals surface area contributed by atoms with Crippen molar-refractivity contribution in [3.8, 4) is 22.5 Å². The van der Waals surface area contributed by atoms with Crippen molar-refractivity contribution >= 4 is 5.82 Å². The maximum Gasteiger partial charge on any atom is 0.247 e. The van der Waals surface area contributed by atoms with E-state index in [1.165, 1.54) is 17.2 Å². The van der Waals surface area contributed by atoms with Crippen molar-refractivity contribution in [3.63, 3.8) is 0 Å². The van der Waals surface area contributed by atoms with Crippen molar-refractivity contribution in [2.75, 3.05) is 5.73 Å². The number of nitrogens with two attached hydrogens (primary N) is 1. The molecule has 5 heteroatoms. The maximum atomic E-state index is 11.2. The number of aryl methyl sites for hydroxylation is 2. The third-order valence-electron chi connectivity index (χ3n) is 3.56. The second-order valence-electron chi connectivity index (χ2n) is 5.01. The topological polar surface area (TPSA) is 84.9 Å². The van der Waals surface area contributed by atoms with E-state index in [-0.39, 0.29) is 5.56 Å². The molecule has 2 heterocycles. The van der Waals surface area contributed by atoms with Crippen LogP contribution in [0.4, 0.5) is 5.82 Å². The van der Waals surface area contributed by atoms with Gasteiger partial charge in [0.2, 0.25) is 5.56 Å². The number of nitrogens with zero attached hydrogens (tertiary/aromatic N) is 1. The Bertz CT molecular complexity index is 842. The average molecular weight is 281 g/mol. The number of pyridine rings is 1. The van der Waals surface area contributed by atoms with Gasteiger partial charge in [-0.15, -0.1) is 0 Å². The van der Waals surface area contributed by atoms with Gasteiger partial charge in [0.1, 0.15) is 0 Å². The largest absolute Gasteiger partial charge is 0.380 e. The lowest BCUT2D eigenvalue weighted by Gasteiger charge is -2.06. The highest BCUT2D eigenvalue weighted by atomic mass is 16.5. The normalized spacial score (nSPS) is 10.8. The second-order valence-corrected chi connectivity index (χ2v) is 5.01. The summed E-state index contributed by atoms with van der Waals surface area (Å²) in [7, 11) is 0. The number of nitrogens with one attached hydrogen (secondary N) is 1. The van der Waals surface area contributed by atoms with Gasteiger partial charge in [-0.25, -0.2) is 0 Å². The van der Waals surface area contributed by atoms with Gasteiger partial charge in [0.05, 0.1) is 5.56 Å². The van der Waals surface area contributed by atoms with Crippen molar-refractivity contribution in [2.24, 2.45) is 0 Å². The van der Waals surface area contributed by atoms with Crippen LogP contribution in [0.25, 0.3) is 22.5 Å². The summed E-state index contributed by atoms with van der Waals surface area (Å²) in [4.78, 5) is 13.8. The highest BCUT2D eigenvalue weighted by Crippen LogP contribution is 2.36. The smallest absolute Gasteiger partial charge is 0.247 e. The molecule has 0 spiro atoms. The Kier molecular flexibility index (Phi) is 3.10. The molecule has 0 aliphatic carbocycles. The second kappa shape index (κ2) is 4.94. The Morgan fingerprint density at radius 2 is 1.86 bits per heavy atom. The number of rotatable bonds is 2. The quantitative estimate of drug-likeness (QED) is 0.756. The Balaban J connectivity index is 2.19. The molecule has 21 heavy (non-hydrogen) atoms. The molecule has 0 saturated carbocycles. The van der Waals surface area contributed by atoms with Crippen LogP contribution in [-0.2, 0) is 0 Å².